The third-order valence-electron chi connectivity index (χ3n) is 5.32. The molecule has 35 heavy (non-hydrogen) atoms. The van der Waals surface area contributed by atoms with Crippen molar-refractivity contribution in [2.75, 3.05) is 10.0 Å². The Balaban J connectivity index is 1.68. The number of aromatic carboxylic acids is 1. The molecule has 0 aliphatic carbocycles. The molecule has 3 N–H and O–H groups in total. The van der Waals surface area contributed by atoms with Gasteiger partial charge in [0.15, 0.2) is 0 Å². The molecule has 0 radical (unpaired) electrons. The maximum absolute atomic E-state index is 13.3. The number of halogens is 2. The lowest BCUT2D eigenvalue weighted by Gasteiger charge is -2.14. The first kappa shape index (κ1) is 24.7. The molecular formula is C25H18BrClN2O5S. The van der Waals surface area contributed by atoms with E-state index in [1.807, 2.05) is 0 Å². The van der Waals surface area contributed by atoms with Crippen molar-refractivity contribution in [2.24, 2.45) is 0 Å². The van der Waals surface area contributed by atoms with Crippen molar-refractivity contribution >= 4 is 71.6 Å². The number of aryl methyl sites for hydroxylation is 1. The smallest absolute Gasteiger partial charge is 0.337 e. The SMILES string of the molecule is Cc1ccc(C(=O)Nc2ccc(Br)cc2C(=O)O)cc1S(=O)(=O)Nc1ccc(Cl)c2ccccc12. The van der Waals surface area contributed by atoms with E-state index >= 15 is 0 Å². The summed E-state index contributed by atoms with van der Waals surface area (Å²) in [4.78, 5) is 24.3. The van der Waals surface area contributed by atoms with Gasteiger partial charge in [0.05, 0.1) is 21.8 Å². The predicted molar refractivity (Wildman–Crippen MR) is 140 cm³/mol. The van der Waals surface area contributed by atoms with Gasteiger partial charge >= 0.3 is 5.97 Å². The van der Waals surface area contributed by atoms with Crippen molar-refractivity contribution in [1.82, 2.24) is 0 Å². The van der Waals surface area contributed by atoms with Gasteiger partial charge in [0.1, 0.15) is 0 Å². The van der Waals surface area contributed by atoms with Crippen LogP contribution in [0, 0.1) is 6.92 Å². The molecule has 10 heteroatoms. The quantitative estimate of drug-likeness (QED) is 0.250. The average Bonchev–Trinajstić information content (AvgIpc) is 2.82. The minimum absolute atomic E-state index is 0.0520. The van der Waals surface area contributed by atoms with E-state index in [0.29, 0.717) is 31.5 Å². The van der Waals surface area contributed by atoms with Crippen LogP contribution in [-0.4, -0.2) is 25.4 Å². The van der Waals surface area contributed by atoms with Crippen molar-refractivity contribution in [3.05, 3.63) is 99.0 Å². The maximum atomic E-state index is 13.3. The Morgan fingerprint density at radius 1 is 0.914 bits per heavy atom. The highest BCUT2D eigenvalue weighted by atomic mass is 79.9. The van der Waals surface area contributed by atoms with E-state index in [9.17, 15) is 23.1 Å². The molecule has 4 aromatic rings. The van der Waals surface area contributed by atoms with Crippen LogP contribution in [0.1, 0.15) is 26.3 Å². The molecule has 0 aliphatic rings. The highest BCUT2D eigenvalue weighted by Gasteiger charge is 2.21. The second-order valence-corrected chi connectivity index (χ2v) is 10.6. The maximum Gasteiger partial charge on any atom is 0.337 e. The Morgan fingerprint density at radius 3 is 2.31 bits per heavy atom. The minimum atomic E-state index is -4.08. The second kappa shape index (κ2) is 9.69. The molecule has 0 saturated carbocycles. The van der Waals surface area contributed by atoms with Crippen molar-refractivity contribution in [1.29, 1.82) is 0 Å². The first-order valence-corrected chi connectivity index (χ1v) is 12.9. The summed E-state index contributed by atoms with van der Waals surface area (Å²) in [7, 11) is -4.08. The summed E-state index contributed by atoms with van der Waals surface area (Å²) >= 11 is 9.45. The van der Waals surface area contributed by atoms with E-state index in [-0.39, 0.29) is 21.7 Å². The van der Waals surface area contributed by atoms with Crippen LogP contribution in [0.15, 0.2) is 82.2 Å². The average molecular weight is 574 g/mol. The van der Waals surface area contributed by atoms with Crippen LogP contribution in [0.5, 0.6) is 0 Å². The first-order chi connectivity index (χ1) is 16.6. The van der Waals surface area contributed by atoms with Gasteiger partial charge in [-0.05, 0) is 55.0 Å². The summed E-state index contributed by atoms with van der Waals surface area (Å²) in [6, 6.07) is 19.0. The number of rotatable bonds is 6. The minimum Gasteiger partial charge on any atom is -0.478 e. The Hall–Kier alpha value is -3.40. The third-order valence-corrected chi connectivity index (χ3v) is 7.65. The standard InChI is InChI=1S/C25H18BrClN2O5S/c1-14-6-7-15(24(30)28-21-10-8-16(26)13-19(21)25(31)32)12-23(14)35(33,34)29-22-11-9-20(27)17-4-2-3-5-18(17)22/h2-13,29H,1H3,(H,28,30)(H,31,32). The van der Waals surface area contributed by atoms with E-state index in [1.165, 1.54) is 30.3 Å². The van der Waals surface area contributed by atoms with Crippen LogP contribution in [-0.2, 0) is 10.0 Å². The zero-order valence-electron chi connectivity index (χ0n) is 18.2. The molecule has 0 fully saturated rings. The van der Waals surface area contributed by atoms with Gasteiger partial charge in [-0.2, -0.15) is 0 Å². The fourth-order valence-electron chi connectivity index (χ4n) is 3.58. The van der Waals surface area contributed by atoms with Crippen molar-refractivity contribution in [3.8, 4) is 0 Å². The van der Waals surface area contributed by atoms with Crippen LogP contribution < -0.4 is 10.0 Å². The monoisotopic (exact) mass is 572 g/mol. The molecule has 0 spiro atoms. The van der Waals surface area contributed by atoms with Crippen LogP contribution >= 0.6 is 27.5 Å². The number of hydrogen-bond donors (Lipinski definition) is 3. The largest absolute Gasteiger partial charge is 0.478 e. The number of carboxylic acids is 1. The molecule has 0 aliphatic heterocycles. The molecule has 0 unspecified atom stereocenters. The van der Waals surface area contributed by atoms with Crippen molar-refractivity contribution < 1.29 is 23.1 Å². The normalized spacial score (nSPS) is 11.3. The number of carbonyl (C=O) groups excluding carboxylic acids is 1. The highest BCUT2D eigenvalue weighted by molar-refractivity contribution is 9.10. The number of carboxylic acid groups (broad SMARTS) is 1. The fraction of sp³-hybridized carbons (Fsp3) is 0.0400. The lowest BCUT2D eigenvalue weighted by molar-refractivity contribution is 0.0698. The van der Waals surface area contributed by atoms with E-state index in [2.05, 4.69) is 26.0 Å². The Morgan fingerprint density at radius 2 is 1.60 bits per heavy atom. The zero-order valence-corrected chi connectivity index (χ0v) is 21.3. The summed E-state index contributed by atoms with van der Waals surface area (Å²) in [5.41, 5.74) is 0.809. The summed E-state index contributed by atoms with van der Waals surface area (Å²) in [6.45, 7) is 1.62. The lowest BCUT2D eigenvalue weighted by atomic mass is 10.1. The number of nitrogens with one attached hydrogen (secondary N) is 2. The summed E-state index contributed by atoms with van der Waals surface area (Å²) in [5.74, 6) is -1.86. The van der Waals surface area contributed by atoms with E-state index < -0.39 is 21.9 Å². The van der Waals surface area contributed by atoms with Gasteiger partial charge in [-0.15, -0.1) is 0 Å². The van der Waals surface area contributed by atoms with Crippen LogP contribution in [0.4, 0.5) is 11.4 Å². The topological polar surface area (TPSA) is 113 Å². The summed E-state index contributed by atoms with van der Waals surface area (Å²) in [5, 5.41) is 13.8. The summed E-state index contributed by atoms with van der Waals surface area (Å²) in [6.07, 6.45) is 0. The predicted octanol–water partition coefficient (Wildman–Crippen LogP) is 6.32. The molecule has 0 aromatic heterocycles. The molecular weight excluding hydrogens is 556 g/mol. The zero-order chi connectivity index (χ0) is 25.3. The second-order valence-electron chi connectivity index (χ2n) is 7.68. The molecule has 1 amide bonds. The van der Waals surface area contributed by atoms with Gasteiger partial charge in [0.25, 0.3) is 15.9 Å². The molecule has 0 heterocycles. The van der Waals surface area contributed by atoms with Gasteiger partial charge < -0.3 is 10.4 Å². The van der Waals surface area contributed by atoms with Gasteiger partial charge in [-0.25, -0.2) is 13.2 Å². The van der Waals surface area contributed by atoms with Crippen molar-refractivity contribution in [2.45, 2.75) is 11.8 Å². The molecule has 0 atom stereocenters. The Kier molecular flexibility index (Phi) is 6.84. The van der Waals surface area contributed by atoms with Gasteiger partial charge in [0.2, 0.25) is 0 Å². The van der Waals surface area contributed by atoms with Gasteiger partial charge in [-0.3, -0.25) is 9.52 Å². The number of carbonyl (C=O) groups is 2. The molecule has 178 valence electrons. The van der Waals surface area contributed by atoms with Crippen molar-refractivity contribution in [3.63, 3.8) is 0 Å². The number of sulfonamides is 1. The highest BCUT2D eigenvalue weighted by Crippen LogP contribution is 2.32. The number of amides is 1. The fourth-order valence-corrected chi connectivity index (χ4v) is 5.52. The number of fused-ring (bicyclic) bond motifs is 1. The number of benzene rings is 4. The van der Waals surface area contributed by atoms with Crippen LogP contribution in [0.25, 0.3) is 10.8 Å². The summed E-state index contributed by atoms with van der Waals surface area (Å²) < 4.78 is 29.7. The molecule has 0 saturated heterocycles. The molecule has 4 rings (SSSR count). The van der Waals surface area contributed by atoms with Gasteiger partial charge in [0, 0.05) is 25.8 Å². The van der Waals surface area contributed by atoms with Crippen LogP contribution in [0.3, 0.4) is 0 Å². The van der Waals surface area contributed by atoms with Gasteiger partial charge in [-0.1, -0.05) is 57.9 Å². The molecule has 7 nitrogen and oxygen atoms in total. The Bertz CT molecular complexity index is 1610. The number of anilines is 2. The van der Waals surface area contributed by atoms with E-state index in [4.69, 9.17) is 11.6 Å². The molecule has 4 aromatic carbocycles. The van der Waals surface area contributed by atoms with E-state index in [0.717, 1.165) is 0 Å². The molecule has 0 bridgehead atoms. The third kappa shape index (κ3) is 5.17. The van der Waals surface area contributed by atoms with Crippen LogP contribution in [0.2, 0.25) is 5.02 Å². The Labute approximate surface area is 214 Å². The first-order valence-electron chi connectivity index (χ1n) is 10.2. The number of hydrogen-bond acceptors (Lipinski definition) is 4. The van der Waals surface area contributed by atoms with E-state index in [1.54, 1.807) is 49.4 Å². The lowest BCUT2D eigenvalue weighted by Crippen LogP contribution is -2.18.